The van der Waals surface area contributed by atoms with Crippen molar-refractivity contribution >= 4 is 5.97 Å². The van der Waals surface area contributed by atoms with Crippen LogP contribution in [0.25, 0.3) is 0 Å². The Morgan fingerprint density at radius 2 is 2.33 bits per heavy atom. The van der Waals surface area contributed by atoms with Gasteiger partial charge in [-0.1, -0.05) is 6.92 Å². The summed E-state index contributed by atoms with van der Waals surface area (Å²) in [4.78, 5) is 13.2. The van der Waals surface area contributed by atoms with E-state index in [0.29, 0.717) is 19.6 Å². The van der Waals surface area contributed by atoms with Crippen LogP contribution in [0.15, 0.2) is 0 Å². The Hall–Kier alpha value is -0.650. The fourth-order valence-electron chi connectivity index (χ4n) is 3.10. The molecule has 18 heavy (non-hydrogen) atoms. The highest BCUT2D eigenvalue weighted by atomic mass is 16.6. The van der Waals surface area contributed by atoms with Crippen molar-refractivity contribution in [2.45, 2.75) is 50.3 Å². The van der Waals surface area contributed by atoms with Crippen LogP contribution in [0.3, 0.4) is 0 Å². The van der Waals surface area contributed by atoms with E-state index >= 15 is 0 Å². The first-order valence-corrected chi connectivity index (χ1v) is 6.74. The molecule has 1 N–H and O–H groups in total. The van der Waals surface area contributed by atoms with E-state index in [0.717, 1.165) is 25.9 Å². The Balaban J connectivity index is 2.01. The molecular weight excluding hydrogens is 234 g/mol. The molecule has 3 atom stereocenters. The number of carboxylic acids is 1. The maximum absolute atomic E-state index is 11.2. The highest BCUT2D eigenvalue weighted by molar-refractivity contribution is 5.73. The third-order valence-corrected chi connectivity index (χ3v) is 4.27. The number of hydrogen-bond donors (Lipinski definition) is 1. The summed E-state index contributed by atoms with van der Waals surface area (Å²) < 4.78 is 11.3. The standard InChI is InChI=1S/C13H23NO4/c1-3-11(12(15)16)14(2)10-4-6-18-13(8-10)5-7-17-9-13/h10-11H,3-9H2,1-2H3,(H,15,16). The molecule has 5 nitrogen and oxygen atoms in total. The van der Waals surface area contributed by atoms with Crippen molar-refractivity contribution in [1.82, 2.24) is 4.90 Å². The maximum Gasteiger partial charge on any atom is 0.320 e. The Labute approximate surface area is 108 Å². The van der Waals surface area contributed by atoms with Crippen molar-refractivity contribution in [3.8, 4) is 0 Å². The molecule has 2 aliphatic heterocycles. The highest BCUT2D eigenvalue weighted by Crippen LogP contribution is 2.35. The molecule has 0 aromatic carbocycles. The minimum Gasteiger partial charge on any atom is -0.480 e. The zero-order valence-electron chi connectivity index (χ0n) is 11.2. The van der Waals surface area contributed by atoms with Gasteiger partial charge in [0.05, 0.1) is 12.2 Å². The van der Waals surface area contributed by atoms with E-state index in [4.69, 9.17) is 9.47 Å². The maximum atomic E-state index is 11.2. The Bertz CT molecular complexity index is 301. The van der Waals surface area contributed by atoms with Crippen LogP contribution in [0.1, 0.15) is 32.6 Å². The van der Waals surface area contributed by atoms with E-state index in [2.05, 4.69) is 0 Å². The van der Waals surface area contributed by atoms with E-state index in [-0.39, 0.29) is 11.6 Å². The average molecular weight is 257 g/mol. The number of rotatable bonds is 4. The van der Waals surface area contributed by atoms with Gasteiger partial charge in [0.25, 0.3) is 0 Å². The number of ether oxygens (including phenoxy) is 2. The van der Waals surface area contributed by atoms with Crippen molar-refractivity contribution in [3.05, 3.63) is 0 Å². The molecule has 0 amide bonds. The van der Waals surface area contributed by atoms with Crippen LogP contribution in [0, 0.1) is 0 Å². The van der Waals surface area contributed by atoms with Gasteiger partial charge in [-0.2, -0.15) is 0 Å². The lowest BCUT2D eigenvalue weighted by atomic mass is 9.88. The van der Waals surface area contributed by atoms with Crippen molar-refractivity contribution < 1.29 is 19.4 Å². The molecule has 0 aliphatic carbocycles. The first-order valence-electron chi connectivity index (χ1n) is 6.74. The molecular formula is C13H23NO4. The normalized spacial score (nSPS) is 34.1. The second-order valence-electron chi connectivity index (χ2n) is 5.41. The average Bonchev–Trinajstić information content (AvgIpc) is 2.77. The number of carboxylic acid groups (broad SMARTS) is 1. The molecule has 0 aromatic heterocycles. The topological polar surface area (TPSA) is 59.0 Å². The van der Waals surface area contributed by atoms with Crippen LogP contribution in [0.4, 0.5) is 0 Å². The second kappa shape index (κ2) is 5.55. The Kier molecular flexibility index (Phi) is 4.25. The number of carbonyl (C=O) groups is 1. The van der Waals surface area contributed by atoms with Gasteiger partial charge in [0.2, 0.25) is 0 Å². The van der Waals surface area contributed by atoms with Crippen LogP contribution in [0.2, 0.25) is 0 Å². The summed E-state index contributed by atoms with van der Waals surface area (Å²) in [6.07, 6.45) is 3.35. The predicted molar refractivity (Wildman–Crippen MR) is 66.6 cm³/mol. The molecule has 2 rings (SSSR count). The minimum atomic E-state index is -0.733. The largest absolute Gasteiger partial charge is 0.480 e. The monoisotopic (exact) mass is 257 g/mol. The fraction of sp³-hybridized carbons (Fsp3) is 0.923. The van der Waals surface area contributed by atoms with Crippen LogP contribution >= 0.6 is 0 Å². The lowest BCUT2D eigenvalue weighted by Crippen LogP contribution is -2.52. The van der Waals surface area contributed by atoms with Crippen LogP contribution in [-0.2, 0) is 14.3 Å². The van der Waals surface area contributed by atoms with Gasteiger partial charge in [-0.05, 0) is 26.3 Å². The van der Waals surface area contributed by atoms with E-state index < -0.39 is 12.0 Å². The first-order chi connectivity index (χ1) is 8.58. The molecule has 5 heteroatoms. The third kappa shape index (κ3) is 2.68. The lowest BCUT2D eigenvalue weighted by molar-refractivity contribution is -0.148. The van der Waals surface area contributed by atoms with Gasteiger partial charge in [0.1, 0.15) is 6.04 Å². The number of nitrogens with zero attached hydrogens (tertiary/aromatic N) is 1. The van der Waals surface area contributed by atoms with Crippen molar-refractivity contribution in [2.24, 2.45) is 0 Å². The summed E-state index contributed by atoms with van der Waals surface area (Å²) in [6, 6.07) is -0.117. The SMILES string of the molecule is CCC(C(=O)O)N(C)C1CCOC2(CCOC2)C1. The summed E-state index contributed by atoms with van der Waals surface area (Å²) >= 11 is 0. The molecule has 104 valence electrons. The number of likely N-dealkylation sites (N-methyl/N-ethyl adjacent to an activating group) is 1. The molecule has 0 saturated carbocycles. The summed E-state index contributed by atoms with van der Waals surface area (Å²) in [6.45, 7) is 4.03. The van der Waals surface area contributed by atoms with Gasteiger partial charge in [-0.25, -0.2) is 0 Å². The van der Waals surface area contributed by atoms with Gasteiger partial charge in [-0.15, -0.1) is 0 Å². The third-order valence-electron chi connectivity index (χ3n) is 4.27. The molecule has 2 heterocycles. The van der Waals surface area contributed by atoms with E-state index in [1.165, 1.54) is 0 Å². The molecule has 2 fully saturated rings. The van der Waals surface area contributed by atoms with Gasteiger partial charge < -0.3 is 14.6 Å². The molecule has 3 unspecified atom stereocenters. The number of aliphatic carboxylic acids is 1. The first kappa shape index (κ1) is 13.8. The fourth-order valence-corrected chi connectivity index (χ4v) is 3.10. The molecule has 0 radical (unpaired) electrons. The summed E-state index contributed by atoms with van der Waals surface area (Å²) in [5.41, 5.74) is -0.159. The zero-order valence-corrected chi connectivity index (χ0v) is 11.2. The summed E-state index contributed by atoms with van der Waals surface area (Å²) in [7, 11) is 1.92. The van der Waals surface area contributed by atoms with Crippen molar-refractivity contribution in [2.75, 3.05) is 26.9 Å². The quantitative estimate of drug-likeness (QED) is 0.818. The van der Waals surface area contributed by atoms with E-state index in [1.807, 2.05) is 18.9 Å². The Morgan fingerprint density at radius 3 is 2.89 bits per heavy atom. The second-order valence-corrected chi connectivity index (χ2v) is 5.41. The van der Waals surface area contributed by atoms with E-state index in [1.54, 1.807) is 0 Å². The minimum absolute atomic E-state index is 0.159. The highest BCUT2D eigenvalue weighted by Gasteiger charge is 2.43. The molecule has 2 saturated heterocycles. The molecule has 0 bridgehead atoms. The molecule has 2 aliphatic rings. The number of hydrogen-bond acceptors (Lipinski definition) is 4. The van der Waals surface area contributed by atoms with Crippen LogP contribution in [0.5, 0.6) is 0 Å². The zero-order chi connectivity index (χ0) is 13.2. The smallest absolute Gasteiger partial charge is 0.320 e. The molecule has 0 aromatic rings. The van der Waals surface area contributed by atoms with Crippen LogP contribution in [-0.4, -0.2) is 60.5 Å². The Morgan fingerprint density at radius 1 is 1.56 bits per heavy atom. The van der Waals surface area contributed by atoms with Gasteiger partial charge in [0, 0.05) is 25.7 Å². The van der Waals surface area contributed by atoms with Crippen LogP contribution < -0.4 is 0 Å². The van der Waals surface area contributed by atoms with Gasteiger partial charge in [-0.3, -0.25) is 9.69 Å². The van der Waals surface area contributed by atoms with E-state index in [9.17, 15) is 9.90 Å². The van der Waals surface area contributed by atoms with Crippen molar-refractivity contribution in [1.29, 1.82) is 0 Å². The predicted octanol–water partition coefficient (Wildman–Crippen LogP) is 1.12. The molecule has 1 spiro atoms. The van der Waals surface area contributed by atoms with Gasteiger partial charge in [0.15, 0.2) is 0 Å². The van der Waals surface area contributed by atoms with Gasteiger partial charge >= 0.3 is 5.97 Å². The summed E-state index contributed by atoms with van der Waals surface area (Å²) in [5.74, 6) is -0.733. The lowest BCUT2D eigenvalue weighted by Gasteiger charge is -2.42. The van der Waals surface area contributed by atoms with Crippen molar-refractivity contribution in [3.63, 3.8) is 0 Å². The summed E-state index contributed by atoms with van der Waals surface area (Å²) in [5, 5.41) is 9.23.